The van der Waals surface area contributed by atoms with Gasteiger partial charge in [0.1, 0.15) is 11.4 Å². The molecule has 0 radical (unpaired) electrons. The fraction of sp³-hybridized carbons (Fsp3) is 0. The van der Waals surface area contributed by atoms with Crippen LogP contribution in [-0.2, 0) is 0 Å². The highest BCUT2D eigenvalue weighted by Crippen LogP contribution is 2.25. The van der Waals surface area contributed by atoms with Gasteiger partial charge in [-0.05, 0) is 30.3 Å². The van der Waals surface area contributed by atoms with E-state index in [0.717, 1.165) is 12.1 Å². The Bertz CT molecular complexity index is 737. The van der Waals surface area contributed by atoms with Crippen LogP contribution in [-0.4, -0.2) is 10.8 Å². The fourth-order valence-electron chi connectivity index (χ4n) is 1.68. The monoisotopic (exact) mass is 309 g/mol. The minimum Gasteiger partial charge on any atom is -0.399 e. The fourth-order valence-corrected chi connectivity index (χ4v) is 1.84. The molecule has 2 aromatic rings. The zero-order chi connectivity index (χ0) is 15.6. The summed E-state index contributed by atoms with van der Waals surface area (Å²) in [5, 5.41) is 13.3. The van der Waals surface area contributed by atoms with Crippen molar-refractivity contribution in [3.05, 3.63) is 62.9 Å². The molecule has 0 aliphatic heterocycles. The van der Waals surface area contributed by atoms with Crippen molar-refractivity contribution in [2.45, 2.75) is 0 Å². The minimum atomic E-state index is -0.831. The summed E-state index contributed by atoms with van der Waals surface area (Å²) >= 11 is 5.66. The Morgan fingerprint density at radius 1 is 1.29 bits per heavy atom. The Balaban J connectivity index is 2.37. The Labute approximate surface area is 123 Å². The van der Waals surface area contributed by atoms with Crippen molar-refractivity contribution in [3.8, 4) is 0 Å². The number of halogens is 2. The molecule has 0 unspecified atom stereocenters. The highest BCUT2D eigenvalue weighted by molar-refractivity contribution is 6.31. The van der Waals surface area contributed by atoms with Gasteiger partial charge >= 0.3 is 0 Å². The molecule has 0 aromatic heterocycles. The second kappa shape index (κ2) is 5.76. The molecule has 3 N–H and O–H groups in total. The number of hydrogen-bond donors (Lipinski definition) is 2. The SMILES string of the molecule is Nc1ccc(F)c(NC(=O)c2ccc(Cl)cc2[N+](=O)[O-])c1. The van der Waals surface area contributed by atoms with Crippen molar-refractivity contribution in [3.63, 3.8) is 0 Å². The molecule has 0 atom stereocenters. The third-order valence-electron chi connectivity index (χ3n) is 2.64. The summed E-state index contributed by atoms with van der Waals surface area (Å²) in [6.07, 6.45) is 0. The van der Waals surface area contributed by atoms with Crippen molar-refractivity contribution in [1.82, 2.24) is 0 Å². The summed E-state index contributed by atoms with van der Waals surface area (Å²) in [6.45, 7) is 0. The van der Waals surface area contributed by atoms with Gasteiger partial charge in [-0.25, -0.2) is 4.39 Å². The summed E-state index contributed by atoms with van der Waals surface area (Å²) in [6, 6.07) is 7.21. The molecule has 108 valence electrons. The number of rotatable bonds is 3. The normalized spacial score (nSPS) is 10.2. The predicted octanol–water partition coefficient (Wildman–Crippen LogP) is 3.22. The lowest BCUT2D eigenvalue weighted by molar-refractivity contribution is -0.385. The van der Waals surface area contributed by atoms with Crippen molar-refractivity contribution in [1.29, 1.82) is 0 Å². The first-order valence-electron chi connectivity index (χ1n) is 5.69. The van der Waals surface area contributed by atoms with E-state index in [1.807, 2.05) is 0 Å². The molecule has 0 bridgehead atoms. The number of amides is 1. The van der Waals surface area contributed by atoms with E-state index in [4.69, 9.17) is 17.3 Å². The van der Waals surface area contributed by atoms with Crippen LogP contribution in [0.25, 0.3) is 0 Å². The minimum absolute atomic E-state index is 0.119. The number of carbonyl (C=O) groups is 1. The molecule has 0 saturated carbocycles. The quantitative estimate of drug-likeness (QED) is 0.516. The maximum Gasteiger partial charge on any atom is 0.283 e. The first-order chi connectivity index (χ1) is 9.88. The molecule has 2 aromatic carbocycles. The summed E-state index contributed by atoms with van der Waals surface area (Å²) in [4.78, 5) is 22.2. The van der Waals surface area contributed by atoms with Crippen LogP contribution >= 0.6 is 11.6 Å². The van der Waals surface area contributed by atoms with Crippen molar-refractivity contribution >= 4 is 34.6 Å². The van der Waals surface area contributed by atoms with E-state index in [0.29, 0.717) is 0 Å². The van der Waals surface area contributed by atoms with Gasteiger partial charge in [-0.2, -0.15) is 0 Å². The number of nitrogens with one attached hydrogen (secondary N) is 1. The van der Waals surface area contributed by atoms with Crippen LogP contribution in [0, 0.1) is 15.9 Å². The largest absolute Gasteiger partial charge is 0.399 e. The average Bonchev–Trinajstić information content (AvgIpc) is 2.42. The Hall–Kier alpha value is -2.67. The van der Waals surface area contributed by atoms with Gasteiger partial charge in [0.25, 0.3) is 11.6 Å². The van der Waals surface area contributed by atoms with Gasteiger partial charge in [0, 0.05) is 16.8 Å². The van der Waals surface area contributed by atoms with E-state index in [1.165, 1.54) is 24.3 Å². The summed E-state index contributed by atoms with van der Waals surface area (Å²) < 4.78 is 13.5. The number of benzene rings is 2. The second-order valence-electron chi connectivity index (χ2n) is 4.11. The maximum absolute atomic E-state index is 13.5. The lowest BCUT2D eigenvalue weighted by atomic mass is 10.1. The molecule has 1 amide bonds. The van der Waals surface area contributed by atoms with Crippen LogP contribution < -0.4 is 11.1 Å². The molecule has 0 aliphatic carbocycles. The van der Waals surface area contributed by atoms with Gasteiger partial charge in [0.2, 0.25) is 0 Å². The molecule has 0 heterocycles. The smallest absolute Gasteiger partial charge is 0.283 e. The molecule has 0 aliphatic rings. The third-order valence-corrected chi connectivity index (χ3v) is 2.87. The van der Waals surface area contributed by atoms with E-state index in [9.17, 15) is 19.3 Å². The van der Waals surface area contributed by atoms with Gasteiger partial charge in [0.05, 0.1) is 10.6 Å². The van der Waals surface area contributed by atoms with Crippen molar-refractivity contribution in [2.24, 2.45) is 0 Å². The molecule has 0 fully saturated rings. The third kappa shape index (κ3) is 3.26. The van der Waals surface area contributed by atoms with Crippen LogP contribution in [0.1, 0.15) is 10.4 Å². The van der Waals surface area contributed by atoms with Crippen LogP contribution in [0.3, 0.4) is 0 Å². The highest BCUT2D eigenvalue weighted by Gasteiger charge is 2.21. The summed E-state index contributed by atoms with van der Waals surface area (Å²) in [5.41, 5.74) is 4.88. The van der Waals surface area contributed by atoms with Crippen LogP contribution in [0.15, 0.2) is 36.4 Å². The number of nitrogens with zero attached hydrogens (tertiary/aromatic N) is 1. The molecule has 0 saturated heterocycles. The molecule has 8 heteroatoms. The van der Waals surface area contributed by atoms with Crippen LogP contribution in [0.2, 0.25) is 5.02 Å². The van der Waals surface area contributed by atoms with Gasteiger partial charge in [0.15, 0.2) is 0 Å². The molecular weight excluding hydrogens is 301 g/mol. The number of carbonyl (C=O) groups excluding carboxylic acids is 1. The van der Waals surface area contributed by atoms with E-state index >= 15 is 0 Å². The Morgan fingerprint density at radius 2 is 2.00 bits per heavy atom. The van der Waals surface area contributed by atoms with E-state index in [1.54, 1.807) is 0 Å². The van der Waals surface area contributed by atoms with Crippen molar-refractivity contribution in [2.75, 3.05) is 11.1 Å². The maximum atomic E-state index is 13.5. The number of anilines is 2. The van der Waals surface area contributed by atoms with E-state index < -0.39 is 22.3 Å². The van der Waals surface area contributed by atoms with E-state index in [-0.39, 0.29) is 22.0 Å². The first-order valence-corrected chi connectivity index (χ1v) is 6.06. The molecule has 0 spiro atoms. The Morgan fingerprint density at radius 3 is 2.67 bits per heavy atom. The van der Waals surface area contributed by atoms with Gasteiger partial charge < -0.3 is 11.1 Å². The summed E-state index contributed by atoms with van der Waals surface area (Å²) in [5.74, 6) is -1.53. The highest BCUT2D eigenvalue weighted by atomic mass is 35.5. The standard InChI is InChI=1S/C13H9ClFN3O3/c14-7-1-3-9(12(5-7)18(20)21)13(19)17-11-6-8(16)2-4-10(11)15/h1-6H,16H2,(H,17,19). The van der Waals surface area contributed by atoms with Gasteiger partial charge in [-0.3, -0.25) is 14.9 Å². The molecule has 6 nitrogen and oxygen atoms in total. The topological polar surface area (TPSA) is 98.3 Å². The lowest BCUT2D eigenvalue weighted by Gasteiger charge is -2.08. The number of hydrogen-bond acceptors (Lipinski definition) is 4. The van der Waals surface area contributed by atoms with Crippen molar-refractivity contribution < 1.29 is 14.1 Å². The average molecular weight is 310 g/mol. The zero-order valence-corrected chi connectivity index (χ0v) is 11.2. The number of nitro groups is 1. The van der Waals surface area contributed by atoms with Gasteiger partial charge in [-0.15, -0.1) is 0 Å². The zero-order valence-electron chi connectivity index (χ0n) is 10.5. The van der Waals surface area contributed by atoms with Crippen LogP contribution in [0.5, 0.6) is 0 Å². The first kappa shape index (κ1) is 14.7. The predicted molar refractivity (Wildman–Crippen MR) is 76.9 cm³/mol. The molecular formula is C13H9ClFN3O3. The number of nitro benzene ring substituents is 1. The second-order valence-corrected chi connectivity index (χ2v) is 4.55. The number of nitrogens with two attached hydrogens (primary N) is 1. The van der Waals surface area contributed by atoms with Gasteiger partial charge in [-0.1, -0.05) is 11.6 Å². The lowest BCUT2D eigenvalue weighted by Crippen LogP contribution is -2.15. The summed E-state index contributed by atoms with van der Waals surface area (Å²) in [7, 11) is 0. The number of nitrogen functional groups attached to an aromatic ring is 1. The molecule has 2 rings (SSSR count). The van der Waals surface area contributed by atoms with Crippen LogP contribution in [0.4, 0.5) is 21.5 Å². The van der Waals surface area contributed by atoms with E-state index in [2.05, 4.69) is 5.32 Å². The molecule has 21 heavy (non-hydrogen) atoms. The Kier molecular flexibility index (Phi) is 4.04.